The van der Waals surface area contributed by atoms with Crippen LogP contribution in [0, 0.1) is 5.92 Å². The number of amides is 1. The van der Waals surface area contributed by atoms with E-state index >= 15 is 0 Å². The third kappa shape index (κ3) is 4.30. The van der Waals surface area contributed by atoms with E-state index in [1.165, 1.54) is 25.4 Å². The molecule has 1 amide bonds. The molecule has 168 valence electrons. The van der Waals surface area contributed by atoms with Gasteiger partial charge in [-0.3, -0.25) is 9.80 Å². The van der Waals surface area contributed by atoms with E-state index < -0.39 is 42.1 Å². The molecule has 1 aromatic rings. The number of hydrogen-bond donors (Lipinski definition) is 4. The Hall–Kier alpha value is -3.25. The van der Waals surface area contributed by atoms with Crippen LogP contribution in [0.5, 0.6) is 5.75 Å². The molecule has 31 heavy (non-hydrogen) atoms. The number of carbonyl (C=O) groups is 2. The number of hydrazine groups is 1. The molecule has 2 unspecified atom stereocenters. The lowest BCUT2D eigenvalue weighted by Gasteiger charge is -2.44. The van der Waals surface area contributed by atoms with E-state index in [1.54, 1.807) is 7.05 Å². The fourth-order valence-corrected chi connectivity index (χ4v) is 3.87. The highest BCUT2D eigenvalue weighted by Gasteiger charge is 2.56. The number of anilines is 1. The van der Waals surface area contributed by atoms with Crippen LogP contribution in [0.25, 0.3) is 5.57 Å². The van der Waals surface area contributed by atoms with Crippen molar-refractivity contribution in [2.75, 3.05) is 12.1 Å². The SMILES string of the molecule is CN/C=C\N(N)c1cc(OC(F)(F)F)cc(C2=C(C(=O)O)N3C(=O)[C@H](C(C)O)C3C2)c1. The third-order valence-electron chi connectivity index (χ3n) is 5.10. The number of nitrogens with two attached hydrogens (primary N) is 1. The number of ether oxygens (including phenoxy) is 1. The van der Waals surface area contributed by atoms with Crippen LogP contribution in [0.2, 0.25) is 0 Å². The van der Waals surface area contributed by atoms with E-state index in [1.807, 2.05) is 0 Å². The van der Waals surface area contributed by atoms with Gasteiger partial charge < -0.3 is 25.2 Å². The van der Waals surface area contributed by atoms with Crippen molar-refractivity contribution in [3.8, 4) is 5.75 Å². The monoisotopic (exact) mass is 442 g/mol. The standard InChI is InChI=1S/C19H21F3N4O5/c1-9(27)15-14-8-13(16(18(29)30)26(14)17(15)28)10-5-11(25(23)4-3-24-2)7-12(6-10)31-19(20,21)22/h3-7,9,14-15,24,27H,8,23H2,1-2H3,(H,29,30)/b4-3-/t9?,14?,15-/m1/s1. The van der Waals surface area contributed by atoms with Crippen LogP contribution >= 0.6 is 0 Å². The van der Waals surface area contributed by atoms with Gasteiger partial charge in [-0.15, -0.1) is 13.2 Å². The Kier molecular flexibility index (Phi) is 5.87. The molecular formula is C19H21F3N4O5. The highest BCUT2D eigenvalue weighted by molar-refractivity contribution is 6.06. The number of aliphatic carboxylic acids is 1. The lowest BCUT2D eigenvalue weighted by Crippen LogP contribution is -2.61. The summed E-state index contributed by atoms with van der Waals surface area (Å²) in [6.07, 6.45) is -3.14. The zero-order valence-corrected chi connectivity index (χ0v) is 16.6. The predicted octanol–water partition coefficient (Wildman–Crippen LogP) is 1.36. The summed E-state index contributed by atoms with van der Waals surface area (Å²) < 4.78 is 42.5. The van der Waals surface area contributed by atoms with Gasteiger partial charge in [-0.1, -0.05) is 0 Å². The maximum atomic E-state index is 12.8. The maximum Gasteiger partial charge on any atom is 0.573 e. The average Bonchev–Trinajstić information content (AvgIpc) is 2.99. The van der Waals surface area contributed by atoms with Crippen molar-refractivity contribution in [2.24, 2.45) is 11.8 Å². The van der Waals surface area contributed by atoms with Crippen LogP contribution in [-0.2, 0) is 9.59 Å². The first kappa shape index (κ1) is 22.4. The molecule has 2 heterocycles. The number of halogens is 3. The van der Waals surface area contributed by atoms with Crippen LogP contribution < -0.4 is 20.9 Å². The Bertz CT molecular complexity index is 960. The third-order valence-corrected chi connectivity index (χ3v) is 5.10. The first-order chi connectivity index (χ1) is 14.4. The van der Waals surface area contributed by atoms with Crippen molar-refractivity contribution in [3.63, 3.8) is 0 Å². The van der Waals surface area contributed by atoms with Crippen molar-refractivity contribution in [1.82, 2.24) is 10.2 Å². The van der Waals surface area contributed by atoms with E-state index in [4.69, 9.17) is 5.84 Å². The summed E-state index contributed by atoms with van der Waals surface area (Å²) in [4.78, 5) is 25.3. The van der Waals surface area contributed by atoms with Gasteiger partial charge in [0.25, 0.3) is 0 Å². The molecule has 0 radical (unpaired) electrons. The fraction of sp³-hybridized carbons (Fsp3) is 0.368. The highest BCUT2D eigenvalue weighted by atomic mass is 19.4. The van der Waals surface area contributed by atoms with Crippen LogP contribution in [0.3, 0.4) is 0 Å². The smallest absolute Gasteiger partial charge is 0.477 e. The number of nitrogens with one attached hydrogen (secondary N) is 1. The number of fused-ring (bicyclic) bond motifs is 1. The molecule has 5 N–H and O–H groups in total. The molecular weight excluding hydrogens is 421 g/mol. The largest absolute Gasteiger partial charge is 0.573 e. The number of carboxylic acids is 1. The normalized spacial score (nSPS) is 21.8. The van der Waals surface area contributed by atoms with Gasteiger partial charge in [0.05, 0.1) is 23.8 Å². The second-order valence-electron chi connectivity index (χ2n) is 7.15. The molecule has 3 rings (SSSR count). The van der Waals surface area contributed by atoms with Gasteiger partial charge in [0, 0.05) is 25.5 Å². The molecule has 1 saturated heterocycles. The van der Waals surface area contributed by atoms with E-state index in [0.29, 0.717) is 0 Å². The van der Waals surface area contributed by atoms with Gasteiger partial charge in [-0.05, 0) is 36.6 Å². The number of carbonyl (C=O) groups excluding carboxylic acids is 1. The zero-order valence-electron chi connectivity index (χ0n) is 16.6. The summed E-state index contributed by atoms with van der Waals surface area (Å²) in [5.74, 6) is 2.53. The average molecular weight is 442 g/mol. The Labute approximate surface area is 175 Å². The quantitative estimate of drug-likeness (QED) is 0.283. The molecule has 0 saturated carbocycles. The Morgan fingerprint density at radius 2 is 2.10 bits per heavy atom. The molecule has 2 aliphatic rings. The number of rotatable bonds is 7. The second-order valence-corrected chi connectivity index (χ2v) is 7.15. The summed E-state index contributed by atoms with van der Waals surface area (Å²) in [6.45, 7) is 1.43. The van der Waals surface area contributed by atoms with Crippen LogP contribution in [0.15, 0.2) is 36.3 Å². The Balaban J connectivity index is 2.10. The molecule has 1 aromatic carbocycles. The minimum absolute atomic E-state index is 0.0504. The molecule has 12 heteroatoms. The molecule has 0 spiro atoms. The summed E-state index contributed by atoms with van der Waals surface area (Å²) in [5.41, 5.74) is 0.00681. The van der Waals surface area contributed by atoms with Gasteiger partial charge in [0.15, 0.2) is 0 Å². The summed E-state index contributed by atoms with van der Waals surface area (Å²) in [7, 11) is 1.60. The van der Waals surface area contributed by atoms with E-state index in [2.05, 4.69) is 10.1 Å². The summed E-state index contributed by atoms with van der Waals surface area (Å²) in [6, 6.07) is 2.89. The van der Waals surface area contributed by atoms with E-state index in [-0.39, 0.29) is 28.9 Å². The van der Waals surface area contributed by atoms with Crippen LogP contribution in [-0.4, -0.2) is 52.5 Å². The van der Waals surface area contributed by atoms with Crippen LogP contribution in [0.1, 0.15) is 18.9 Å². The first-order valence-corrected chi connectivity index (χ1v) is 9.21. The summed E-state index contributed by atoms with van der Waals surface area (Å²) in [5, 5.41) is 23.2. The minimum Gasteiger partial charge on any atom is -0.477 e. The van der Waals surface area contributed by atoms with Crippen molar-refractivity contribution in [2.45, 2.75) is 31.9 Å². The van der Waals surface area contributed by atoms with Gasteiger partial charge in [-0.2, -0.15) is 0 Å². The number of aliphatic hydroxyl groups excluding tert-OH is 1. The fourth-order valence-electron chi connectivity index (χ4n) is 3.87. The molecule has 3 atom stereocenters. The Morgan fingerprint density at radius 3 is 2.65 bits per heavy atom. The zero-order chi connectivity index (χ0) is 23.1. The molecule has 0 aliphatic carbocycles. The molecule has 2 aliphatic heterocycles. The number of carboxylic acid groups (broad SMARTS) is 1. The number of hydrogen-bond acceptors (Lipinski definition) is 7. The van der Waals surface area contributed by atoms with Crippen molar-refractivity contribution < 1.29 is 37.7 Å². The molecule has 9 nitrogen and oxygen atoms in total. The number of alkyl halides is 3. The van der Waals surface area contributed by atoms with Crippen molar-refractivity contribution in [3.05, 3.63) is 41.9 Å². The maximum absolute atomic E-state index is 12.8. The van der Waals surface area contributed by atoms with Crippen molar-refractivity contribution in [1.29, 1.82) is 0 Å². The first-order valence-electron chi connectivity index (χ1n) is 9.21. The lowest BCUT2D eigenvalue weighted by atomic mass is 9.82. The van der Waals surface area contributed by atoms with E-state index in [9.17, 15) is 33.0 Å². The van der Waals surface area contributed by atoms with Gasteiger partial charge >= 0.3 is 12.3 Å². The lowest BCUT2D eigenvalue weighted by molar-refractivity contribution is -0.274. The molecule has 0 aromatic heterocycles. The van der Waals surface area contributed by atoms with Crippen LogP contribution in [0.4, 0.5) is 18.9 Å². The second kappa shape index (κ2) is 8.12. The highest BCUT2D eigenvalue weighted by Crippen LogP contribution is 2.48. The molecule has 0 bridgehead atoms. The molecule has 1 fully saturated rings. The number of nitrogens with zero attached hydrogens (tertiary/aromatic N) is 2. The van der Waals surface area contributed by atoms with Gasteiger partial charge in [0.1, 0.15) is 11.4 Å². The number of aliphatic hydroxyl groups is 1. The van der Waals surface area contributed by atoms with Gasteiger partial charge in [0.2, 0.25) is 5.91 Å². The number of benzene rings is 1. The minimum atomic E-state index is -4.98. The van der Waals surface area contributed by atoms with Gasteiger partial charge in [-0.25, -0.2) is 10.6 Å². The summed E-state index contributed by atoms with van der Waals surface area (Å²) >= 11 is 0. The van der Waals surface area contributed by atoms with E-state index in [0.717, 1.165) is 22.0 Å². The Morgan fingerprint density at radius 1 is 1.42 bits per heavy atom. The number of β-lactam (4-membered cyclic amide) rings is 1. The predicted molar refractivity (Wildman–Crippen MR) is 103 cm³/mol. The topological polar surface area (TPSA) is 128 Å². The van der Waals surface area contributed by atoms with Crippen molar-refractivity contribution >= 4 is 23.1 Å².